The summed E-state index contributed by atoms with van der Waals surface area (Å²) in [6.07, 6.45) is 7.75. The predicted molar refractivity (Wildman–Crippen MR) is 94.4 cm³/mol. The van der Waals surface area contributed by atoms with Gasteiger partial charge >= 0.3 is 22.1 Å². The summed E-state index contributed by atoms with van der Waals surface area (Å²) in [5.41, 5.74) is 0. The van der Waals surface area contributed by atoms with Crippen molar-refractivity contribution in [3.63, 3.8) is 0 Å². The Balaban J connectivity index is 4.45. The van der Waals surface area contributed by atoms with E-state index in [4.69, 9.17) is 9.66 Å². The van der Waals surface area contributed by atoms with Crippen LogP contribution in [0.25, 0.3) is 0 Å². The molecular formula is C15H26O9S2. The van der Waals surface area contributed by atoms with Gasteiger partial charge in [0.15, 0.2) is 5.25 Å². The molecule has 26 heavy (non-hydrogen) atoms. The van der Waals surface area contributed by atoms with Crippen LogP contribution in [0, 0.1) is 0 Å². The van der Waals surface area contributed by atoms with Gasteiger partial charge in [-0.2, -0.15) is 16.8 Å². The van der Waals surface area contributed by atoms with E-state index >= 15 is 0 Å². The lowest BCUT2D eigenvalue weighted by Crippen LogP contribution is -2.34. The van der Waals surface area contributed by atoms with E-state index in [9.17, 15) is 26.4 Å². The molecule has 0 rings (SSSR count). The van der Waals surface area contributed by atoms with Crippen molar-refractivity contribution in [2.24, 2.45) is 0 Å². The van der Waals surface area contributed by atoms with Gasteiger partial charge in [-0.15, -0.1) is 0 Å². The molecule has 1 atom stereocenters. The molecule has 0 aromatic carbocycles. The van der Waals surface area contributed by atoms with Gasteiger partial charge in [0.25, 0.3) is 10.1 Å². The number of rotatable bonds is 14. The van der Waals surface area contributed by atoms with Crippen molar-refractivity contribution >= 4 is 32.2 Å². The van der Waals surface area contributed by atoms with E-state index in [1.54, 1.807) is 0 Å². The molecule has 0 aliphatic heterocycles. The van der Waals surface area contributed by atoms with Crippen molar-refractivity contribution < 1.29 is 40.3 Å². The van der Waals surface area contributed by atoms with Gasteiger partial charge in [-0.3, -0.25) is 9.35 Å². The summed E-state index contributed by atoms with van der Waals surface area (Å²) >= 11 is 0. The average Bonchev–Trinajstić information content (AvgIpc) is 2.49. The van der Waals surface area contributed by atoms with Gasteiger partial charge in [0.1, 0.15) is 0 Å². The number of hydrogen-bond acceptors (Lipinski definition) is 7. The average molecular weight is 414 g/mol. The molecule has 1 unspecified atom stereocenters. The summed E-state index contributed by atoms with van der Waals surface area (Å²) in [5.74, 6) is -3.58. The van der Waals surface area contributed by atoms with Crippen LogP contribution in [0.3, 0.4) is 0 Å². The number of hydrogen-bond donors (Lipinski definition) is 2. The first-order chi connectivity index (χ1) is 12.0. The molecule has 0 heterocycles. The van der Waals surface area contributed by atoms with Crippen LogP contribution in [0.4, 0.5) is 0 Å². The van der Waals surface area contributed by atoms with Gasteiger partial charge in [-0.05, 0) is 12.8 Å². The molecule has 9 nitrogen and oxygen atoms in total. The summed E-state index contributed by atoms with van der Waals surface area (Å²) in [4.78, 5) is 22.1. The van der Waals surface area contributed by atoms with Gasteiger partial charge in [0.2, 0.25) is 0 Å². The molecule has 0 bridgehead atoms. The van der Waals surface area contributed by atoms with Crippen molar-refractivity contribution in [3.05, 3.63) is 11.5 Å². The van der Waals surface area contributed by atoms with Crippen LogP contribution in [0.2, 0.25) is 0 Å². The maximum absolute atomic E-state index is 11.6. The lowest BCUT2D eigenvalue weighted by atomic mass is 10.1. The Morgan fingerprint density at radius 2 is 1.54 bits per heavy atom. The number of unbranched alkanes of at least 4 members (excludes halogenated alkanes) is 7. The van der Waals surface area contributed by atoms with Crippen molar-refractivity contribution in [1.82, 2.24) is 0 Å². The summed E-state index contributed by atoms with van der Waals surface area (Å²) in [6, 6.07) is 0. The topological polar surface area (TPSA) is 152 Å². The lowest BCUT2D eigenvalue weighted by Gasteiger charge is -2.09. The second-order valence-electron chi connectivity index (χ2n) is 5.78. The fourth-order valence-electron chi connectivity index (χ4n) is 2.07. The normalized spacial score (nSPS) is 13.6. The fourth-order valence-corrected chi connectivity index (χ4v) is 3.55. The molecule has 0 saturated carbocycles. The van der Waals surface area contributed by atoms with Crippen LogP contribution < -0.4 is 0 Å². The van der Waals surface area contributed by atoms with Gasteiger partial charge in [0, 0.05) is 0 Å². The minimum atomic E-state index is -5.12. The van der Waals surface area contributed by atoms with Crippen LogP contribution in [0.1, 0.15) is 64.7 Å². The highest BCUT2D eigenvalue weighted by atomic mass is 32.2. The first-order valence-corrected chi connectivity index (χ1v) is 11.3. The molecule has 0 aliphatic rings. The van der Waals surface area contributed by atoms with Crippen molar-refractivity contribution in [1.29, 1.82) is 0 Å². The summed E-state index contributed by atoms with van der Waals surface area (Å²) in [5, 5.41) is 6.65. The first kappa shape index (κ1) is 24.5. The zero-order chi connectivity index (χ0) is 20.2. The quantitative estimate of drug-likeness (QED) is 0.247. The van der Waals surface area contributed by atoms with E-state index < -0.39 is 43.8 Å². The van der Waals surface area contributed by atoms with Crippen LogP contribution >= 0.6 is 0 Å². The minimum absolute atomic E-state index is 0.432. The second kappa shape index (κ2) is 12.0. The summed E-state index contributed by atoms with van der Waals surface area (Å²) in [7, 11) is -9.64. The summed E-state index contributed by atoms with van der Waals surface area (Å²) in [6.45, 7) is 2.12. The van der Waals surface area contributed by atoms with E-state index in [2.05, 4.69) is 11.1 Å². The van der Waals surface area contributed by atoms with E-state index in [0.717, 1.165) is 32.1 Å². The maximum Gasteiger partial charge on any atom is 0.343 e. The van der Waals surface area contributed by atoms with Crippen LogP contribution in [0.5, 0.6) is 0 Å². The number of allylic oxidation sites excluding steroid dienone is 1. The second-order valence-corrected chi connectivity index (χ2v) is 8.80. The molecule has 0 saturated heterocycles. The van der Waals surface area contributed by atoms with Crippen molar-refractivity contribution in [3.8, 4) is 0 Å². The molecule has 0 radical (unpaired) electrons. The monoisotopic (exact) mass is 414 g/mol. The summed E-state index contributed by atoms with van der Waals surface area (Å²) < 4.78 is 58.1. The first-order valence-electron chi connectivity index (χ1n) is 8.32. The Hall–Kier alpha value is -1.46. The number of carbonyl (C=O) groups is 2. The molecular weight excluding hydrogens is 388 g/mol. The number of carbonyl (C=O) groups excluding carboxylic acids is 1. The third-order valence-electron chi connectivity index (χ3n) is 3.42. The zero-order valence-corrected chi connectivity index (χ0v) is 16.3. The Kier molecular flexibility index (Phi) is 11.3. The van der Waals surface area contributed by atoms with E-state index in [1.807, 2.05) is 0 Å². The van der Waals surface area contributed by atoms with E-state index in [0.29, 0.717) is 11.8 Å². The Labute approximate surface area is 154 Å². The predicted octanol–water partition coefficient (Wildman–Crippen LogP) is 2.24. The smallest absolute Gasteiger partial charge is 0.343 e. The molecule has 2 N–H and O–H groups in total. The highest BCUT2D eigenvalue weighted by Crippen LogP contribution is 2.12. The van der Waals surface area contributed by atoms with Gasteiger partial charge in [-0.25, -0.2) is 4.79 Å². The largest absolute Gasteiger partial charge is 0.481 e. The molecule has 11 heteroatoms. The van der Waals surface area contributed by atoms with Gasteiger partial charge in [-0.1, -0.05) is 51.5 Å². The van der Waals surface area contributed by atoms with Gasteiger partial charge < -0.3 is 9.29 Å². The van der Waals surface area contributed by atoms with Crippen molar-refractivity contribution in [2.75, 3.05) is 0 Å². The van der Waals surface area contributed by atoms with E-state index in [1.165, 1.54) is 18.9 Å². The van der Waals surface area contributed by atoms with Crippen LogP contribution in [0.15, 0.2) is 11.5 Å². The molecule has 0 aromatic heterocycles. The standard InChI is InChI=1S/C15H26O9S2/c1-2-3-4-5-6-7-8-9-10-11-25(19,20)24-15(18)13(12-14(16)17)26(21,22)23/h10-11,13H,2-9,12H2,1H3,(H,16,17)(H,21,22,23). The van der Waals surface area contributed by atoms with Crippen molar-refractivity contribution in [2.45, 2.75) is 70.0 Å². The van der Waals surface area contributed by atoms with Crippen LogP contribution in [-0.2, 0) is 34.0 Å². The lowest BCUT2D eigenvalue weighted by molar-refractivity contribution is -0.141. The zero-order valence-electron chi connectivity index (χ0n) is 14.7. The number of aliphatic carboxylic acids is 1. The molecule has 0 aliphatic carbocycles. The van der Waals surface area contributed by atoms with Gasteiger partial charge in [0.05, 0.1) is 11.8 Å². The Morgan fingerprint density at radius 1 is 1.00 bits per heavy atom. The maximum atomic E-state index is 11.6. The minimum Gasteiger partial charge on any atom is -0.481 e. The third-order valence-corrected chi connectivity index (χ3v) is 5.42. The molecule has 0 fully saturated rings. The Morgan fingerprint density at radius 3 is 2.04 bits per heavy atom. The number of carboxylic acids is 1. The molecule has 0 amide bonds. The highest BCUT2D eigenvalue weighted by Gasteiger charge is 2.37. The molecule has 152 valence electrons. The SMILES string of the molecule is CCCCCCCCCC=CS(=O)(=O)OC(=O)C(CC(=O)O)S(=O)(=O)O. The molecule has 0 spiro atoms. The number of carboxylic acid groups (broad SMARTS) is 1. The Bertz CT molecular complexity index is 678. The fraction of sp³-hybridized carbons (Fsp3) is 0.733. The van der Waals surface area contributed by atoms with Crippen LogP contribution in [-0.4, -0.2) is 43.7 Å². The molecule has 0 aromatic rings. The third kappa shape index (κ3) is 12.0. The highest BCUT2D eigenvalue weighted by molar-refractivity contribution is 7.90. The van der Waals surface area contributed by atoms with E-state index in [-0.39, 0.29) is 0 Å².